The molecule has 0 aromatic rings. The van der Waals surface area contributed by atoms with Gasteiger partial charge in [0.05, 0.1) is 0 Å². The molecule has 0 saturated heterocycles. The maximum Gasteiger partial charge on any atom is -0.0262 e. The summed E-state index contributed by atoms with van der Waals surface area (Å²) in [5.41, 5.74) is 0. The van der Waals surface area contributed by atoms with Crippen LogP contribution >= 0.6 is 0 Å². The highest BCUT2D eigenvalue weighted by molar-refractivity contribution is 4.88. The summed E-state index contributed by atoms with van der Waals surface area (Å²) in [5.74, 6) is 2.44. The third-order valence-corrected chi connectivity index (χ3v) is 3.37. The van der Waals surface area contributed by atoms with Crippen LogP contribution in [0.3, 0.4) is 0 Å². The summed E-state index contributed by atoms with van der Waals surface area (Å²) in [7, 11) is 0. The van der Waals surface area contributed by atoms with E-state index in [-0.39, 0.29) is 0 Å². The van der Waals surface area contributed by atoms with Gasteiger partial charge in [0.2, 0.25) is 0 Å². The van der Waals surface area contributed by atoms with Gasteiger partial charge in [-0.05, 0) is 24.2 Å². The maximum atomic E-state index is 2.39. The molecule has 0 heterocycles. The highest BCUT2D eigenvalue weighted by atomic mass is 14.1. The van der Waals surface area contributed by atoms with Crippen molar-refractivity contribution in [1.82, 2.24) is 0 Å². The van der Waals surface area contributed by atoms with Gasteiger partial charge >= 0.3 is 0 Å². The van der Waals surface area contributed by atoms with E-state index in [2.05, 4.69) is 46.8 Å². The first kappa shape index (κ1) is 15.7. The van der Waals surface area contributed by atoms with E-state index in [1.165, 1.54) is 38.5 Å². The Hall–Kier alpha value is -0.260. The number of rotatable bonds is 9. The highest BCUT2D eigenvalue weighted by Crippen LogP contribution is 2.20. The zero-order valence-corrected chi connectivity index (χ0v) is 12.1. The number of allylic oxidation sites excluding steroid dienone is 2. The second-order valence-electron chi connectivity index (χ2n) is 5.60. The molecule has 0 fully saturated rings. The Bertz CT molecular complexity index is 167. The van der Waals surface area contributed by atoms with Gasteiger partial charge in [0, 0.05) is 0 Å². The van der Waals surface area contributed by atoms with Crippen molar-refractivity contribution in [3.8, 4) is 0 Å². The molecule has 0 aromatic heterocycles. The summed E-state index contributed by atoms with van der Waals surface area (Å²) < 4.78 is 0. The lowest BCUT2D eigenvalue weighted by atomic mass is 9.92. The molecular formula is C16H32. The van der Waals surface area contributed by atoms with E-state index in [0.717, 1.165) is 11.8 Å². The first-order valence-corrected chi connectivity index (χ1v) is 7.28. The molecule has 0 heteroatoms. The van der Waals surface area contributed by atoms with Crippen molar-refractivity contribution in [2.75, 3.05) is 0 Å². The van der Waals surface area contributed by atoms with Crippen LogP contribution in [-0.2, 0) is 0 Å². The Kier molecular flexibility index (Phi) is 9.77. The quantitative estimate of drug-likeness (QED) is 0.432. The van der Waals surface area contributed by atoms with Gasteiger partial charge in [-0.15, -0.1) is 0 Å². The Balaban J connectivity index is 3.63. The number of hydrogen-bond donors (Lipinski definition) is 0. The van der Waals surface area contributed by atoms with Crippen molar-refractivity contribution in [1.29, 1.82) is 0 Å². The first-order chi connectivity index (χ1) is 7.60. The van der Waals surface area contributed by atoms with Crippen LogP contribution in [0.1, 0.15) is 73.1 Å². The van der Waals surface area contributed by atoms with Crippen LogP contribution < -0.4 is 0 Å². The van der Waals surface area contributed by atoms with Gasteiger partial charge in [-0.3, -0.25) is 0 Å². The van der Waals surface area contributed by atoms with Gasteiger partial charge in [0.25, 0.3) is 0 Å². The lowest BCUT2D eigenvalue weighted by molar-refractivity contribution is 0.402. The molecule has 0 saturated carbocycles. The van der Waals surface area contributed by atoms with Gasteiger partial charge in [-0.1, -0.05) is 78.9 Å². The average Bonchev–Trinajstić information content (AvgIpc) is 2.25. The fourth-order valence-electron chi connectivity index (χ4n) is 2.20. The van der Waals surface area contributed by atoms with Gasteiger partial charge in [0.15, 0.2) is 0 Å². The van der Waals surface area contributed by atoms with Crippen molar-refractivity contribution in [2.45, 2.75) is 73.1 Å². The Morgan fingerprint density at radius 3 is 2.06 bits per heavy atom. The molecule has 96 valence electrons. The smallest absolute Gasteiger partial charge is 0.0262 e. The van der Waals surface area contributed by atoms with E-state index >= 15 is 0 Å². The summed E-state index contributed by atoms with van der Waals surface area (Å²) in [4.78, 5) is 0. The van der Waals surface area contributed by atoms with Crippen LogP contribution in [0.5, 0.6) is 0 Å². The summed E-state index contributed by atoms with van der Waals surface area (Å²) in [5, 5.41) is 0. The lowest BCUT2D eigenvalue weighted by Gasteiger charge is -2.14. The van der Waals surface area contributed by atoms with Gasteiger partial charge < -0.3 is 0 Å². The fraction of sp³-hybridized carbons (Fsp3) is 0.875. The van der Waals surface area contributed by atoms with E-state index in [0.29, 0.717) is 5.92 Å². The second-order valence-corrected chi connectivity index (χ2v) is 5.60. The molecule has 0 bridgehead atoms. The van der Waals surface area contributed by atoms with Crippen molar-refractivity contribution < 1.29 is 0 Å². The first-order valence-electron chi connectivity index (χ1n) is 7.28. The van der Waals surface area contributed by atoms with E-state index in [1.54, 1.807) is 0 Å². The fourth-order valence-corrected chi connectivity index (χ4v) is 2.20. The molecule has 0 spiro atoms. The van der Waals surface area contributed by atoms with Gasteiger partial charge in [-0.2, -0.15) is 0 Å². The van der Waals surface area contributed by atoms with Crippen molar-refractivity contribution in [3.05, 3.63) is 12.2 Å². The topological polar surface area (TPSA) is 0 Å². The van der Waals surface area contributed by atoms with Crippen LogP contribution in [0, 0.1) is 17.8 Å². The molecule has 2 unspecified atom stereocenters. The molecule has 0 amide bonds. The molecule has 0 aliphatic heterocycles. The van der Waals surface area contributed by atoms with Gasteiger partial charge in [0.1, 0.15) is 0 Å². The van der Waals surface area contributed by atoms with Gasteiger partial charge in [-0.25, -0.2) is 0 Å². The monoisotopic (exact) mass is 224 g/mol. The zero-order valence-electron chi connectivity index (χ0n) is 12.1. The summed E-state index contributed by atoms with van der Waals surface area (Å²) in [6.45, 7) is 11.5. The van der Waals surface area contributed by atoms with E-state index in [9.17, 15) is 0 Å². The molecule has 0 aliphatic rings. The third-order valence-electron chi connectivity index (χ3n) is 3.37. The van der Waals surface area contributed by atoms with Crippen molar-refractivity contribution in [3.63, 3.8) is 0 Å². The van der Waals surface area contributed by atoms with E-state index in [1.807, 2.05) is 0 Å². The molecule has 0 aliphatic carbocycles. The molecule has 16 heavy (non-hydrogen) atoms. The Morgan fingerprint density at radius 2 is 1.56 bits per heavy atom. The summed E-state index contributed by atoms with van der Waals surface area (Å²) >= 11 is 0. The van der Waals surface area contributed by atoms with Crippen LogP contribution in [-0.4, -0.2) is 0 Å². The molecule has 0 radical (unpaired) electrons. The standard InChI is InChI=1S/C16H32/c1-6-9-16(7-2)11-8-10-15(5)13-12-14(3)4/h12-16H,6-11H2,1-5H3. The molecule has 0 N–H and O–H groups in total. The molecular weight excluding hydrogens is 192 g/mol. The predicted molar refractivity (Wildman–Crippen MR) is 75.7 cm³/mol. The average molecular weight is 224 g/mol. The van der Waals surface area contributed by atoms with E-state index < -0.39 is 0 Å². The minimum atomic E-state index is 0.700. The second kappa shape index (κ2) is 9.93. The minimum absolute atomic E-state index is 0.700. The van der Waals surface area contributed by atoms with E-state index in [4.69, 9.17) is 0 Å². The molecule has 2 atom stereocenters. The van der Waals surface area contributed by atoms with Crippen LogP contribution in [0.2, 0.25) is 0 Å². The van der Waals surface area contributed by atoms with Crippen molar-refractivity contribution in [2.24, 2.45) is 17.8 Å². The molecule has 0 rings (SSSR count). The van der Waals surface area contributed by atoms with Crippen LogP contribution in [0.15, 0.2) is 12.2 Å². The summed E-state index contributed by atoms with van der Waals surface area (Å²) in [6, 6.07) is 0. The Labute approximate surface area is 104 Å². The SMILES string of the molecule is CCCC(CC)CCCC(C)C=CC(C)C. The zero-order chi connectivity index (χ0) is 12.4. The Morgan fingerprint density at radius 1 is 0.875 bits per heavy atom. The third kappa shape index (κ3) is 9.00. The normalized spacial score (nSPS) is 15.9. The predicted octanol–water partition coefficient (Wildman–Crippen LogP) is 5.83. The van der Waals surface area contributed by atoms with Crippen LogP contribution in [0.25, 0.3) is 0 Å². The van der Waals surface area contributed by atoms with Crippen LogP contribution in [0.4, 0.5) is 0 Å². The summed E-state index contributed by atoms with van der Waals surface area (Å²) in [6.07, 6.45) is 13.1. The highest BCUT2D eigenvalue weighted by Gasteiger charge is 2.05. The lowest BCUT2D eigenvalue weighted by Crippen LogP contribution is -2.00. The molecule has 0 aromatic carbocycles. The number of hydrogen-bond acceptors (Lipinski definition) is 0. The van der Waals surface area contributed by atoms with Crippen molar-refractivity contribution >= 4 is 0 Å². The maximum absolute atomic E-state index is 2.39. The minimum Gasteiger partial charge on any atom is -0.0857 e. The largest absolute Gasteiger partial charge is 0.0857 e. The molecule has 0 nitrogen and oxygen atoms in total.